The Labute approximate surface area is 129 Å². The summed E-state index contributed by atoms with van der Waals surface area (Å²) >= 11 is 5.78. The van der Waals surface area contributed by atoms with Crippen LogP contribution >= 0.6 is 11.6 Å². The zero-order chi connectivity index (χ0) is 16.2. The zero-order valence-electron chi connectivity index (χ0n) is 12.0. The fourth-order valence-electron chi connectivity index (χ4n) is 2.19. The number of sulfonamides is 1. The summed E-state index contributed by atoms with van der Waals surface area (Å²) in [5, 5.41) is 9.16. The van der Waals surface area contributed by atoms with Crippen LogP contribution in [0.4, 0.5) is 10.1 Å². The molecule has 0 amide bonds. The molecule has 3 N–H and O–H groups in total. The molecule has 0 fully saturated rings. The number of aliphatic hydroxyl groups is 1. The van der Waals surface area contributed by atoms with E-state index in [1.807, 2.05) is 13.8 Å². The van der Waals surface area contributed by atoms with Crippen LogP contribution in [0.2, 0.25) is 5.02 Å². The van der Waals surface area contributed by atoms with Gasteiger partial charge in [-0.25, -0.2) is 12.8 Å². The number of anilines is 1. The van der Waals surface area contributed by atoms with Crippen LogP contribution in [0.5, 0.6) is 0 Å². The van der Waals surface area contributed by atoms with E-state index in [1.54, 1.807) is 0 Å². The molecule has 0 spiro atoms. The Balaban J connectivity index is 3.42. The molecule has 0 unspecified atom stereocenters. The third kappa shape index (κ3) is 3.85. The number of halogens is 2. The Bertz CT molecular complexity index is 591. The van der Waals surface area contributed by atoms with E-state index in [-0.39, 0.29) is 29.9 Å². The van der Waals surface area contributed by atoms with Gasteiger partial charge in [-0.3, -0.25) is 0 Å². The number of nitrogens with two attached hydrogens (primary N) is 1. The molecule has 0 aliphatic carbocycles. The van der Waals surface area contributed by atoms with Crippen molar-refractivity contribution in [3.63, 3.8) is 0 Å². The highest BCUT2D eigenvalue weighted by atomic mass is 35.5. The van der Waals surface area contributed by atoms with Crippen LogP contribution in [-0.4, -0.2) is 37.0 Å². The van der Waals surface area contributed by atoms with E-state index in [0.717, 1.165) is 16.4 Å². The molecule has 0 saturated carbocycles. The van der Waals surface area contributed by atoms with Gasteiger partial charge in [0, 0.05) is 17.6 Å². The summed E-state index contributed by atoms with van der Waals surface area (Å²) in [5.74, 6) is -1.02. The van der Waals surface area contributed by atoms with Crippen molar-refractivity contribution < 1.29 is 17.9 Å². The number of nitrogens with zero attached hydrogens (tertiary/aromatic N) is 1. The monoisotopic (exact) mass is 338 g/mol. The van der Waals surface area contributed by atoms with E-state index < -0.39 is 20.7 Å². The highest BCUT2D eigenvalue weighted by Gasteiger charge is 2.32. The van der Waals surface area contributed by atoms with E-state index >= 15 is 0 Å². The molecule has 0 saturated heterocycles. The van der Waals surface area contributed by atoms with Crippen molar-refractivity contribution in [2.24, 2.45) is 0 Å². The molecular weight excluding hydrogens is 319 g/mol. The molecule has 0 atom stereocenters. The third-order valence-corrected chi connectivity index (χ3v) is 5.46. The molecular formula is C13H20ClFN2O3S. The van der Waals surface area contributed by atoms with Crippen LogP contribution in [0, 0.1) is 5.82 Å². The summed E-state index contributed by atoms with van der Waals surface area (Å²) in [6.07, 6.45) is 1.10. The normalized spacial score (nSPS) is 12.3. The van der Waals surface area contributed by atoms with Gasteiger partial charge in [-0.2, -0.15) is 4.31 Å². The van der Waals surface area contributed by atoms with Crippen LogP contribution in [0.1, 0.15) is 26.7 Å². The Morgan fingerprint density at radius 1 is 1.38 bits per heavy atom. The molecule has 5 nitrogen and oxygen atoms in total. The first kappa shape index (κ1) is 18.2. The largest absolute Gasteiger partial charge is 0.396 e. The van der Waals surface area contributed by atoms with Gasteiger partial charge in [0.05, 0.1) is 12.3 Å². The minimum Gasteiger partial charge on any atom is -0.396 e. The predicted molar refractivity (Wildman–Crippen MR) is 81.2 cm³/mol. The second-order valence-corrected chi connectivity index (χ2v) is 6.91. The van der Waals surface area contributed by atoms with Gasteiger partial charge in [0.1, 0.15) is 4.90 Å². The Kier molecular flexibility index (Phi) is 6.40. The summed E-state index contributed by atoms with van der Waals surface area (Å²) in [4.78, 5) is -0.562. The predicted octanol–water partition coefficient (Wildman–Crippen LogP) is 2.23. The van der Waals surface area contributed by atoms with Gasteiger partial charge in [0.25, 0.3) is 0 Å². The molecule has 0 heterocycles. The average Bonchev–Trinajstić information content (AvgIpc) is 2.42. The molecule has 0 aromatic heterocycles. The van der Waals surface area contributed by atoms with Crippen LogP contribution in [0.15, 0.2) is 17.0 Å². The summed E-state index contributed by atoms with van der Waals surface area (Å²) in [6.45, 7) is 3.20. The van der Waals surface area contributed by atoms with E-state index in [2.05, 4.69) is 0 Å². The quantitative estimate of drug-likeness (QED) is 0.747. The van der Waals surface area contributed by atoms with Crippen molar-refractivity contribution in [1.29, 1.82) is 0 Å². The first-order valence-corrected chi connectivity index (χ1v) is 8.48. The summed E-state index contributed by atoms with van der Waals surface area (Å²) in [5.41, 5.74) is 5.12. The number of nitrogen functional groups attached to an aromatic ring is 1. The molecule has 0 aliphatic rings. The second-order valence-electron chi connectivity index (χ2n) is 4.62. The first-order chi connectivity index (χ1) is 9.79. The molecule has 1 rings (SSSR count). The molecule has 0 aliphatic heterocycles. The Morgan fingerprint density at radius 2 is 1.95 bits per heavy atom. The number of benzene rings is 1. The summed E-state index contributed by atoms with van der Waals surface area (Å²) in [7, 11) is -4.13. The number of hydrogen-bond acceptors (Lipinski definition) is 4. The van der Waals surface area contributed by atoms with Gasteiger partial charge >= 0.3 is 0 Å². The maximum absolute atomic E-state index is 14.1. The van der Waals surface area contributed by atoms with E-state index in [1.165, 1.54) is 0 Å². The third-order valence-electron chi connectivity index (χ3n) is 3.29. The van der Waals surface area contributed by atoms with Crippen molar-refractivity contribution in [1.82, 2.24) is 4.31 Å². The number of hydrogen-bond donors (Lipinski definition) is 2. The molecule has 8 heteroatoms. The van der Waals surface area contributed by atoms with Gasteiger partial charge in [-0.05, 0) is 25.0 Å². The van der Waals surface area contributed by atoms with E-state index in [4.69, 9.17) is 22.4 Å². The molecule has 1 aromatic rings. The van der Waals surface area contributed by atoms with Crippen molar-refractivity contribution in [3.05, 3.63) is 23.0 Å². The highest BCUT2D eigenvalue weighted by Crippen LogP contribution is 2.29. The standard InChI is InChI=1S/C13H20ClFN2O3S/c1-3-10(4-2)17(5-6-18)21(19,20)12-8-9(14)7-11(16)13(12)15/h7-8,10,18H,3-6,16H2,1-2H3. The first-order valence-electron chi connectivity index (χ1n) is 6.66. The average molecular weight is 339 g/mol. The van der Waals surface area contributed by atoms with Crippen LogP contribution < -0.4 is 5.73 Å². The van der Waals surface area contributed by atoms with Crippen molar-refractivity contribution >= 4 is 27.3 Å². The minimum absolute atomic E-state index is 0.0426. The van der Waals surface area contributed by atoms with Crippen LogP contribution in [0.25, 0.3) is 0 Å². The smallest absolute Gasteiger partial charge is 0.246 e. The zero-order valence-corrected chi connectivity index (χ0v) is 13.6. The van der Waals surface area contributed by atoms with Gasteiger partial charge in [0.15, 0.2) is 5.82 Å². The van der Waals surface area contributed by atoms with Crippen molar-refractivity contribution in [2.75, 3.05) is 18.9 Å². The Morgan fingerprint density at radius 3 is 2.43 bits per heavy atom. The topological polar surface area (TPSA) is 83.6 Å². The van der Waals surface area contributed by atoms with Gasteiger partial charge < -0.3 is 10.8 Å². The highest BCUT2D eigenvalue weighted by molar-refractivity contribution is 7.89. The minimum atomic E-state index is -4.13. The van der Waals surface area contributed by atoms with Crippen LogP contribution in [0.3, 0.4) is 0 Å². The molecule has 0 bridgehead atoms. The lowest BCUT2D eigenvalue weighted by Gasteiger charge is -2.29. The fourth-order valence-corrected chi connectivity index (χ4v) is 4.37. The number of aliphatic hydroxyl groups excluding tert-OH is 1. The summed E-state index contributed by atoms with van der Waals surface area (Å²) < 4.78 is 40.5. The maximum Gasteiger partial charge on any atom is 0.246 e. The number of rotatable bonds is 7. The van der Waals surface area contributed by atoms with Gasteiger partial charge in [0.2, 0.25) is 10.0 Å². The second kappa shape index (κ2) is 7.40. The SMILES string of the molecule is CCC(CC)N(CCO)S(=O)(=O)c1cc(Cl)cc(N)c1F. The van der Waals surface area contributed by atoms with Crippen molar-refractivity contribution in [3.8, 4) is 0 Å². The molecule has 0 radical (unpaired) electrons. The van der Waals surface area contributed by atoms with E-state index in [0.29, 0.717) is 12.8 Å². The van der Waals surface area contributed by atoms with E-state index in [9.17, 15) is 12.8 Å². The molecule has 120 valence electrons. The lowest BCUT2D eigenvalue weighted by Crippen LogP contribution is -2.41. The fraction of sp³-hybridized carbons (Fsp3) is 0.538. The summed E-state index contributed by atoms with van der Waals surface area (Å²) in [6, 6.07) is 1.86. The molecule has 21 heavy (non-hydrogen) atoms. The van der Waals surface area contributed by atoms with Crippen LogP contribution in [-0.2, 0) is 10.0 Å². The van der Waals surface area contributed by atoms with Gasteiger partial charge in [-0.1, -0.05) is 25.4 Å². The Hall–Kier alpha value is -0.890. The van der Waals surface area contributed by atoms with Crippen molar-refractivity contribution in [2.45, 2.75) is 37.6 Å². The maximum atomic E-state index is 14.1. The van der Waals surface area contributed by atoms with Gasteiger partial charge in [-0.15, -0.1) is 0 Å². The lowest BCUT2D eigenvalue weighted by atomic mass is 10.2. The lowest BCUT2D eigenvalue weighted by molar-refractivity contribution is 0.219. The molecule has 1 aromatic carbocycles.